The molecule has 2 aromatic carbocycles. The van der Waals surface area contributed by atoms with E-state index in [4.69, 9.17) is 42.3 Å². The Balaban J connectivity index is 1.41. The predicted molar refractivity (Wildman–Crippen MR) is 155 cm³/mol. The molecule has 0 unspecified atom stereocenters. The van der Waals surface area contributed by atoms with Crippen LogP contribution in [-0.4, -0.2) is 128 Å². The van der Waals surface area contributed by atoms with Gasteiger partial charge in [0.1, 0.15) is 53.7 Å². The van der Waals surface area contributed by atoms with Crippen molar-refractivity contribution >= 4 is 11.0 Å². The van der Waals surface area contributed by atoms with E-state index in [9.17, 15) is 35.4 Å². The van der Waals surface area contributed by atoms with Crippen LogP contribution in [0.2, 0.25) is 0 Å². The van der Waals surface area contributed by atoms with Crippen LogP contribution in [-0.2, 0) is 14.2 Å². The summed E-state index contributed by atoms with van der Waals surface area (Å²) in [4.78, 5) is 13.7. The summed E-state index contributed by atoms with van der Waals surface area (Å²) in [5.74, 6) is 1.10. The number of rotatable bonds is 11. The highest BCUT2D eigenvalue weighted by molar-refractivity contribution is 5.86. The first-order valence-corrected chi connectivity index (χ1v) is 14.0. The number of hydrogen-bond donors (Lipinski definition) is 6. The molecule has 252 valence electrons. The van der Waals surface area contributed by atoms with E-state index >= 15 is 0 Å². The molecule has 0 radical (unpaired) electrons. The predicted octanol–water partition coefficient (Wildman–Crippen LogP) is -0.862. The number of fused-ring (bicyclic) bond motifs is 1. The molecule has 3 heterocycles. The van der Waals surface area contributed by atoms with Crippen molar-refractivity contribution in [3.8, 4) is 39.9 Å². The van der Waals surface area contributed by atoms with E-state index < -0.39 is 74.0 Å². The van der Waals surface area contributed by atoms with Crippen LogP contribution in [0.1, 0.15) is 0 Å². The van der Waals surface area contributed by atoms with E-state index in [1.165, 1.54) is 46.8 Å². The van der Waals surface area contributed by atoms with Gasteiger partial charge in [0.15, 0.2) is 29.3 Å². The molecular formula is C30H36O16. The average molecular weight is 653 g/mol. The molecule has 2 fully saturated rings. The maximum absolute atomic E-state index is 13.7. The van der Waals surface area contributed by atoms with Gasteiger partial charge in [0, 0.05) is 17.7 Å². The lowest BCUT2D eigenvalue weighted by Crippen LogP contribution is -2.60. The number of methoxy groups -OCH3 is 4. The van der Waals surface area contributed by atoms with Crippen LogP contribution in [0, 0.1) is 0 Å². The van der Waals surface area contributed by atoms with Gasteiger partial charge in [0.05, 0.1) is 59.2 Å². The van der Waals surface area contributed by atoms with Crippen LogP contribution in [0.5, 0.6) is 28.7 Å². The Hall–Kier alpha value is -3.71. The quantitative estimate of drug-likeness (QED) is 0.148. The van der Waals surface area contributed by atoms with Gasteiger partial charge in [-0.05, 0) is 12.1 Å². The Morgan fingerprint density at radius 2 is 1.46 bits per heavy atom. The van der Waals surface area contributed by atoms with Gasteiger partial charge in [-0.25, -0.2) is 0 Å². The zero-order valence-electron chi connectivity index (χ0n) is 25.3. The minimum absolute atomic E-state index is 0.0375. The van der Waals surface area contributed by atoms with E-state index in [0.29, 0.717) is 22.8 Å². The fourth-order valence-corrected chi connectivity index (χ4v) is 5.22. The van der Waals surface area contributed by atoms with Crippen LogP contribution in [0.3, 0.4) is 0 Å². The summed E-state index contributed by atoms with van der Waals surface area (Å²) in [7, 11) is 5.69. The summed E-state index contributed by atoms with van der Waals surface area (Å²) in [6.45, 7) is -1.66. The second-order valence-corrected chi connectivity index (χ2v) is 10.7. The fourth-order valence-electron chi connectivity index (χ4n) is 5.22. The second kappa shape index (κ2) is 13.6. The van der Waals surface area contributed by atoms with Gasteiger partial charge >= 0.3 is 0 Å². The molecule has 0 aliphatic carbocycles. The van der Waals surface area contributed by atoms with Crippen molar-refractivity contribution in [2.45, 2.75) is 48.7 Å². The number of ether oxygens (including phenoxy) is 8. The van der Waals surface area contributed by atoms with E-state index in [2.05, 4.69) is 0 Å². The highest BCUT2D eigenvalue weighted by Gasteiger charge is 2.50. The largest absolute Gasteiger partial charge is 0.496 e. The summed E-state index contributed by atoms with van der Waals surface area (Å²) < 4.78 is 49.6. The van der Waals surface area contributed by atoms with E-state index in [1.807, 2.05) is 0 Å². The molecule has 16 nitrogen and oxygen atoms in total. The third-order valence-corrected chi connectivity index (χ3v) is 7.97. The Bertz CT molecular complexity index is 1590. The summed E-state index contributed by atoms with van der Waals surface area (Å²) in [6, 6.07) is 5.86. The molecule has 5 rings (SSSR count). The molecule has 2 aliphatic rings. The van der Waals surface area contributed by atoms with Gasteiger partial charge < -0.3 is 73.0 Å². The molecule has 46 heavy (non-hydrogen) atoms. The summed E-state index contributed by atoms with van der Waals surface area (Å²) in [5, 5.41) is 61.5. The number of aliphatic hydroxyl groups is 6. The van der Waals surface area contributed by atoms with Crippen molar-refractivity contribution in [1.29, 1.82) is 0 Å². The van der Waals surface area contributed by atoms with Crippen molar-refractivity contribution in [3.63, 3.8) is 0 Å². The SMILES string of the molecule is COc1cc(OC)c(-c2coc3cc(O[C@@H]4O[C@H](CO[C@@H]5OC[C@](O)(CO)[C@H]5O)[C@@H](O)[C@H](O)[C@H]4O)c(OC)cc3c2=O)cc1OC. The van der Waals surface area contributed by atoms with Crippen LogP contribution < -0.4 is 29.1 Å². The molecular weight excluding hydrogens is 616 g/mol. The Morgan fingerprint density at radius 1 is 0.804 bits per heavy atom. The summed E-state index contributed by atoms with van der Waals surface area (Å²) in [6.07, 6.45) is -9.76. The van der Waals surface area contributed by atoms with Crippen molar-refractivity contribution in [2.75, 3.05) is 48.3 Å². The third kappa shape index (κ3) is 6.06. The van der Waals surface area contributed by atoms with Gasteiger partial charge in [0.25, 0.3) is 0 Å². The number of benzene rings is 2. The van der Waals surface area contributed by atoms with E-state index in [-0.39, 0.29) is 28.0 Å². The van der Waals surface area contributed by atoms with Gasteiger partial charge in [-0.15, -0.1) is 0 Å². The standard InChI is InChI=1S/C30H36O16/c1-38-16-7-20(41-4)18(39-2)5-13(16)15-9-42-17-8-21(19(40-3)6-14(17)23(15)32)45-28-26(35)25(34)24(33)22(46-28)10-43-29-27(36)30(37,11-31)12-44-29/h5-9,22,24-29,31,33-37H,10-12H2,1-4H3/t22-,24-,25+,26-,27+,28-,29-,30-/m1/s1. The lowest BCUT2D eigenvalue weighted by atomic mass is 9.99. The minimum Gasteiger partial charge on any atom is -0.496 e. The molecule has 3 aromatic rings. The smallest absolute Gasteiger partial charge is 0.229 e. The van der Waals surface area contributed by atoms with Crippen molar-refractivity contribution in [2.24, 2.45) is 0 Å². The number of hydrogen-bond acceptors (Lipinski definition) is 16. The summed E-state index contributed by atoms with van der Waals surface area (Å²) >= 11 is 0. The van der Waals surface area contributed by atoms with Crippen LogP contribution in [0.15, 0.2) is 39.7 Å². The molecule has 8 atom stereocenters. The number of aliphatic hydroxyl groups excluding tert-OH is 5. The Labute approximate surface area is 261 Å². The molecule has 2 aliphatic heterocycles. The first-order valence-electron chi connectivity index (χ1n) is 14.0. The first kappa shape index (κ1) is 33.6. The summed E-state index contributed by atoms with van der Waals surface area (Å²) in [5.41, 5.74) is -1.76. The third-order valence-electron chi connectivity index (χ3n) is 7.97. The first-order chi connectivity index (χ1) is 22.0. The van der Waals surface area contributed by atoms with E-state index in [0.717, 1.165) is 0 Å². The lowest BCUT2D eigenvalue weighted by Gasteiger charge is -2.40. The molecule has 0 bridgehead atoms. The molecule has 0 amide bonds. The van der Waals surface area contributed by atoms with Gasteiger partial charge in [-0.1, -0.05) is 0 Å². The zero-order valence-corrected chi connectivity index (χ0v) is 25.3. The Morgan fingerprint density at radius 3 is 2.09 bits per heavy atom. The topological polar surface area (TPSA) is 225 Å². The molecule has 1 aromatic heterocycles. The average Bonchev–Trinajstić information content (AvgIpc) is 3.36. The second-order valence-electron chi connectivity index (χ2n) is 10.7. The van der Waals surface area contributed by atoms with E-state index in [1.54, 1.807) is 12.1 Å². The molecule has 16 heteroatoms. The highest BCUT2D eigenvalue weighted by Crippen LogP contribution is 2.41. The Kier molecular flexibility index (Phi) is 9.92. The molecule has 2 saturated heterocycles. The molecule has 0 saturated carbocycles. The van der Waals surface area contributed by atoms with Gasteiger partial charge in [-0.2, -0.15) is 0 Å². The van der Waals surface area contributed by atoms with Crippen molar-refractivity contribution < 1.29 is 73.0 Å². The zero-order chi connectivity index (χ0) is 33.3. The highest BCUT2D eigenvalue weighted by atomic mass is 16.7. The minimum atomic E-state index is -1.94. The van der Waals surface area contributed by atoms with Crippen molar-refractivity contribution in [1.82, 2.24) is 0 Å². The van der Waals surface area contributed by atoms with Crippen LogP contribution in [0.4, 0.5) is 0 Å². The van der Waals surface area contributed by atoms with Gasteiger partial charge in [0.2, 0.25) is 11.7 Å². The van der Waals surface area contributed by atoms with Crippen LogP contribution >= 0.6 is 0 Å². The molecule has 6 N–H and O–H groups in total. The van der Waals surface area contributed by atoms with Crippen LogP contribution in [0.25, 0.3) is 22.1 Å². The monoisotopic (exact) mass is 652 g/mol. The maximum Gasteiger partial charge on any atom is 0.229 e. The maximum atomic E-state index is 13.7. The van der Waals surface area contributed by atoms with Gasteiger partial charge in [-0.3, -0.25) is 4.79 Å². The molecule has 0 spiro atoms. The fraction of sp³-hybridized carbons (Fsp3) is 0.500. The lowest BCUT2D eigenvalue weighted by molar-refractivity contribution is -0.289. The van der Waals surface area contributed by atoms with Crippen molar-refractivity contribution in [3.05, 3.63) is 40.8 Å². The normalized spacial score (nSPS) is 29.5.